The third-order valence-electron chi connectivity index (χ3n) is 4.91. The van der Waals surface area contributed by atoms with Gasteiger partial charge in [-0.05, 0) is 26.3 Å². The van der Waals surface area contributed by atoms with Crippen molar-refractivity contribution < 1.29 is 9.47 Å². The molecule has 1 aromatic carbocycles. The molecule has 3 rings (SSSR count). The van der Waals surface area contributed by atoms with E-state index < -0.39 is 0 Å². The van der Waals surface area contributed by atoms with E-state index in [-0.39, 0.29) is 11.0 Å². The predicted molar refractivity (Wildman–Crippen MR) is 110 cm³/mol. The number of nitrogens with zero attached hydrogens (tertiary/aromatic N) is 2. The fourth-order valence-electron chi connectivity index (χ4n) is 3.49. The van der Waals surface area contributed by atoms with Crippen LogP contribution in [0.2, 0.25) is 0 Å². The van der Waals surface area contributed by atoms with Crippen LogP contribution >= 0.6 is 0 Å². The smallest absolute Gasteiger partial charge is 0.254 e. The molecule has 0 unspecified atom stereocenters. The van der Waals surface area contributed by atoms with Gasteiger partial charge in [0.1, 0.15) is 5.82 Å². The Morgan fingerprint density at radius 2 is 1.93 bits per heavy atom. The van der Waals surface area contributed by atoms with E-state index in [1.165, 1.54) is 0 Å². The lowest BCUT2D eigenvalue weighted by Crippen LogP contribution is -2.36. The summed E-state index contributed by atoms with van der Waals surface area (Å²) in [7, 11) is 0. The third-order valence-corrected chi connectivity index (χ3v) is 4.91. The minimum Gasteiger partial charge on any atom is -0.490 e. The van der Waals surface area contributed by atoms with Crippen LogP contribution in [0, 0.1) is 0 Å². The normalized spacial score (nSPS) is 14.6. The number of hydrogen-bond donors (Lipinski definition) is 1. The van der Waals surface area contributed by atoms with Crippen molar-refractivity contribution in [2.24, 2.45) is 0 Å². The Balaban J connectivity index is 1.86. The Morgan fingerprint density at radius 1 is 1.18 bits per heavy atom. The van der Waals surface area contributed by atoms with Crippen molar-refractivity contribution in [3.05, 3.63) is 51.2 Å². The molecule has 2 heterocycles. The topological polar surface area (TPSA) is 67.5 Å². The highest BCUT2D eigenvalue weighted by molar-refractivity contribution is 5.46. The number of fused-ring (bicyclic) bond motifs is 1. The van der Waals surface area contributed by atoms with Gasteiger partial charge in [0, 0.05) is 36.2 Å². The molecule has 6 heteroatoms. The summed E-state index contributed by atoms with van der Waals surface area (Å²) in [6.07, 6.45) is 0.706. The Hall–Kier alpha value is -2.34. The monoisotopic (exact) mass is 385 g/mol. The van der Waals surface area contributed by atoms with Crippen LogP contribution in [0.3, 0.4) is 0 Å². The fourth-order valence-corrected chi connectivity index (χ4v) is 3.49. The number of H-pyrrole nitrogens is 1. The summed E-state index contributed by atoms with van der Waals surface area (Å²) in [6, 6.07) is 6.02. The summed E-state index contributed by atoms with van der Waals surface area (Å²) >= 11 is 0. The van der Waals surface area contributed by atoms with Crippen LogP contribution in [0.5, 0.6) is 11.5 Å². The van der Waals surface area contributed by atoms with E-state index in [4.69, 9.17) is 14.5 Å². The number of aromatic nitrogens is 2. The van der Waals surface area contributed by atoms with Crippen molar-refractivity contribution >= 4 is 0 Å². The van der Waals surface area contributed by atoms with Gasteiger partial charge in [-0.2, -0.15) is 0 Å². The lowest BCUT2D eigenvalue weighted by Gasteiger charge is -2.29. The van der Waals surface area contributed by atoms with Gasteiger partial charge in [0.2, 0.25) is 0 Å². The van der Waals surface area contributed by atoms with Crippen LogP contribution < -0.4 is 15.0 Å². The maximum Gasteiger partial charge on any atom is 0.254 e. The average molecular weight is 386 g/mol. The molecule has 1 aromatic heterocycles. The number of aromatic amines is 1. The standard InChI is InChI=1S/C22H31N3O3/c1-6-27-18-10-8-9-15(19(18)28-7-2)13-25-12-11-16-17(14-25)23-21(22(3,4)5)24-20(16)26/h8-10H,6-7,11-14H2,1-5H3,(H,23,24,26). The van der Waals surface area contributed by atoms with E-state index in [2.05, 4.69) is 36.7 Å². The first-order valence-corrected chi connectivity index (χ1v) is 10.1. The second-order valence-corrected chi connectivity index (χ2v) is 8.16. The molecule has 152 valence electrons. The maximum atomic E-state index is 12.5. The van der Waals surface area contributed by atoms with Gasteiger partial charge in [-0.1, -0.05) is 32.9 Å². The average Bonchev–Trinajstić information content (AvgIpc) is 2.63. The number of benzene rings is 1. The van der Waals surface area contributed by atoms with Gasteiger partial charge in [-0.15, -0.1) is 0 Å². The molecule has 1 aliphatic rings. The largest absolute Gasteiger partial charge is 0.490 e. The van der Waals surface area contributed by atoms with Gasteiger partial charge in [-0.25, -0.2) is 4.98 Å². The van der Waals surface area contributed by atoms with E-state index in [9.17, 15) is 4.79 Å². The van der Waals surface area contributed by atoms with Crippen LogP contribution in [0.4, 0.5) is 0 Å². The van der Waals surface area contributed by atoms with E-state index in [1.54, 1.807) is 0 Å². The minimum absolute atomic E-state index is 0.00271. The first-order valence-electron chi connectivity index (χ1n) is 10.1. The molecule has 2 aromatic rings. The number of nitrogens with one attached hydrogen (secondary N) is 1. The molecule has 0 radical (unpaired) electrons. The molecule has 0 atom stereocenters. The van der Waals surface area contributed by atoms with Crippen LogP contribution in [0.15, 0.2) is 23.0 Å². The summed E-state index contributed by atoms with van der Waals surface area (Å²) in [6.45, 7) is 13.5. The van der Waals surface area contributed by atoms with Crippen LogP contribution in [-0.2, 0) is 24.9 Å². The second-order valence-electron chi connectivity index (χ2n) is 8.16. The van der Waals surface area contributed by atoms with E-state index in [0.29, 0.717) is 26.2 Å². The quantitative estimate of drug-likeness (QED) is 0.825. The highest BCUT2D eigenvalue weighted by Gasteiger charge is 2.25. The van der Waals surface area contributed by atoms with Crippen LogP contribution in [0.1, 0.15) is 57.3 Å². The minimum atomic E-state index is -0.190. The zero-order chi connectivity index (χ0) is 20.3. The summed E-state index contributed by atoms with van der Waals surface area (Å²) < 4.78 is 11.6. The molecule has 0 fully saturated rings. The summed E-state index contributed by atoms with van der Waals surface area (Å²) in [4.78, 5) is 22.6. The fraction of sp³-hybridized carbons (Fsp3) is 0.545. The Kier molecular flexibility index (Phi) is 6.08. The number of hydrogen-bond acceptors (Lipinski definition) is 5. The summed E-state index contributed by atoms with van der Waals surface area (Å²) in [5.41, 5.74) is 2.61. The van der Waals surface area contributed by atoms with Crippen molar-refractivity contribution in [2.75, 3.05) is 19.8 Å². The van der Waals surface area contributed by atoms with Crippen LogP contribution in [0.25, 0.3) is 0 Å². The van der Waals surface area contributed by atoms with E-state index >= 15 is 0 Å². The van der Waals surface area contributed by atoms with Crippen molar-refractivity contribution in [3.8, 4) is 11.5 Å². The Labute approximate surface area is 166 Å². The van der Waals surface area contributed by atoms with Crippen LogP contribution in [-0.4, -0.2) is 34.6 Å². The predicted octanol–water partition coefficient (Wildman–Crippen LogP) is 3.42. The molecule has 28 heavy (non-hydrogen) atoms. The van der Waals surface area contributed by atoms with Gasteiger partial charge in [0.05, 0.1) is 18.9 Å². The number of para-hydroxylation sites is 1. The van der Waals surface area contributed by atoms with Gasteiger partial charge in [-0.3, -0.25) is 9.69 Å². The third kappa shape index (κ3) is 4.38. The highest BCUT2D eigenvalue weighted by Crippen LogP contribution is 2.33. The maximum absolute atomic E-state index is 12.5. The molecule has 1 N–H and O–H groups in total. The first kappa shape index (κ1) is 20.4. The van der Waals surface area contributed by atoms with Gasteiger partial charge in [0.15, 0.2) is 11.5 Å². The van der Waals surface area contributed by atoms with E-state index in [0.717, 1.165) is 47.2 Å². The lowest BCUT2D eigenvalue weighted by molar-refractivity contribution is 0.230. The lowest BCUT2D eigenvalue weighted by atomic mass is 9.95. The summed E-state index contributed by atoms with van der Waals surface area (Å²) in [5, 5.41) is 0. The highest BCUT2D eigenvalue weighted by atomic mass is 16.5. The zero-order valence-corrected chi connectivity index (χ0v) is 17.6. The summed E-state index contributed by atoms with van der Waals surface area (Å²) in [5.74, 6) is 2.34. The number of ether oxygens (including phenoxy) is 2. The molecule has 1 aliphatic heterocycles. The van der Waals surface area contributed by atoms with Gasteiger partial charge >= 0.3 is 0 Å². The number of rotatable bonds is 6. The SMILES string of the molecule is CCOc1cccc(CN2CCc3c(nc(C(C)(C)C)[nH]c3=O)C2)c1OCC. The molecule has 0 spiro atoms. The molecular formula is C22H31N3O3. The Bertz CT molecular complexity index is 884. The second kappa shape index (κ2) is 8.35. The molecule has 6 nitrogen and oxygen atoms in total. The van der Waals surface area contributed by atoms with Crippen molar-refractivity contribution in [2.45, 2.75) is 59.5 Å². The van der Waals surface area contributed by atoms with Gasteiger partial charge in [0.25, 0.3) is 5.56 Å². The van der Waals surface area contributed by atoms with Crippen molar-refractivity contribution in [1.82, 2.24) is 14.9 Å². The van der Waals surface area contributed by atoms with Crippen molar-refractivity contribution in [3.63, 3.8) is 0 Å². The molecule has 0 bridgehead atoms. The van der Waals surface area contributed by atoms with E-state index in [1.807, 2.05) is 26.0 Å². The van der Waals surface area contributed by atoms with Gasteiger partial charge < -0.3 is 14.5 Å². The first-order chi connectivity index (χ1) is 13.3. The molecular weight excluding hydrogens is 354 g/mol. The van der Waals surface area contributed by atoms with Crippen molar-refractivity contribution in [1.29, 1.82) is 0 Å². The molecule has 0 aliphatic carbocycles. The molecule has 0 saturated carbocycles. The molecule has 0 amide bonds. The molecule has 0 saturated heterocycles. The zero-order valence-electron chi connectivity index (χ0n) is 17.6. The Morgan fingerprint density at radius 3 is 2.61 bits per heavy atom.